The van der Waals surface area contributed by atoms with Gasteiger partial charge >= 0.3 is 0 Å². The predicted molar refractivity (Wildman–Crippen MR) is 96.9 cm³/mol. The van der Waals surface area contributed by atoms with Gasteiger partial charge in [-0.05, 0) is 50.9 Å². The van der Waals surface area contributed by atoms with Gasteiger partial charge in [-0.3, -0.25) is 9.69 Å². The number of rotatable bonds is 5. The van der Waals surface area contributed by atoms with E-state index in [4.69, 9.17) is 0 Å². The number of para-hydroxylation sites is 1. The van der Waals surface area contributed by atoms with Crippen LogP contribution in [-0.2, 0) is 11.3 Å². The summed E-state index contributed by atoms with van der Waals surface area (Å²) in [5.74, 6) is 0.528. The molecule has 0 aliphatic carbocycles. The summed E-state index contributed by atoms with van der Waals surface area (Å²) < 4.78 is 1.16. The highest BCUT2D eigenvalue weighted by Gasteiger charge is 2.28. The molecule has 0 saturated carbocycles. The van der Waals surface area contributed by atoms with E-state index in [1.54, 1.807) is 16.2 Å². The summed E-state index contributed by atoms with van der Waals surface area (Å²) in [6.45, 7) is 4.56. The minimum atomic E-state index is -0.121. The zero-order valence-electron chi connectivity index (χ0n) is 14.3. The standard InChI is InChI=1S/C18H25N3O2S/c1-13(21-9-7-14(12-22)8-10-21)18(23)20(2)11-17-19-15-5-3-4-6-16(15)24-17/h3-6,13-14,22H,7-12H2,1-2H3. The van der Waals surface area contributed by atoms with E-state index in [-0.39, 0.29) is 18.6 Å². The molecule has 2 aromatic rings. The number of benzene rings is 1. The molecule has 1 fully saturated rings. The number of hydrogen-bond acceptors (Lipinski definition) is 5. The zero-order valence-corrected chi connectivity index (χ0v) is 15.1. The Balaban J connectivity index is 1.59. The van der Waals surface area contributed by atoms with Gasteiger partial charge in [-0.15, -0.1) is 11.3 Å². The third-order valence-corrected chi connectivity index (χ3v) is 5.92. The molecule has 1 saturated heterocycles. The Bertz CT molecular complexity index is 661. The molecule has 1 amide bonds. The third kappa shape index (κ3) is 3.77. The van der Waals surface area contributed by atoms with E-state index >= 15 is 0 Å². The quantitative estimate of drug-likeness (QED) is 0.902. The summed E-state index contributed by atoms with van der Waals surface area (Å²) in [6.07, 6.45) is 1.94. The molecular formula is C18H25N3O2S. The van der Waals surface area contributed by atoms with Gasteiger partial charge in [0.2, 0.25) is 5.91 Å². The summed E-state index contributed by atoms with van der Waals surface area (Å²) in [6, 6.07) is 7.94. The van der Waals surface area contributed by atoms with Gasteiger partial charge in [-0.1, -0.05) is 12.1 Å². The van der Waals surface area contributed by atoms with Crippen molar-refractivity contribution >= 4 is 27.5 Å². The predicted octanol–water partition coefficient (Wildman–Crippen LogP) is 2.35. The van der Waals surface area contributed by atoms with Crippen LogP contribution in [0, 0.1) is 5.92 Å². The molecule has 1 aliphatic heterocycles. The van der Waals surface area contributed by atoms with Crippen LogP contribution in [0.2, 0.25) is 0 Å². The lowest BCUT2D eigenvalue weighted by atomic mass is 9.97. The monoisotopic (exact) mass is 347 g/mol. The van der Waals surface area contributed by atoms with Crippen LogP contribution in [0.1, 0.15) is 24.8 Å². The molecule has 2 heterocycles. The van der Waals surface area contributed by atoms with E-state index in [0.717, 1.165) is 41.2 Å². The number of nitrogens with zero attached hydrogens (tertiary/aromatic N) is 3. The van der Waals surface area contributed by atoms with E-state index in [1.807, 2.05) is 32.2 Å². The Kier molecular flexibility index (Phi) is 5.48. The summed E-state index contributed by atoms with van der Waals surface area (Å²) in [4.78, 5) is 21.3. The van der Waals surface area contributed by atoms with Crippen molar-refractivity contribution in [1.82, 2.24) is 14.8 Å². The van der Waals surface area contributed by atoms with Gasteiger partial charge in [-0.25, -0.2) is 4.98 Å². The van der Waals surface area contributed by atoms with Crippen molar-refractivity contribution in [3.63, 3.8) is 0 Å². The largest absolute Gasteiger partial charge is 0.396 e. The number of carbonyl (C=O) groups is 1. The van der Waals surface area contributed by atoms with Crippen molar-refractivity contribution in [3.05, 3.63) is 29.3 Å². The Morgan fingerprint density at radius 3 is 2.79 bits per heavy atom. The minimum absolute atomic E-state index is 0.121. The number of likely N-dealkylation sites (tertiary alicyclic amines) is 1. The first-order valence-corrected chi connectivity index (χ1v) is 9.34. The number of hydrogen-bond donors (Lipinski definition) is 1. The number of aromatic nitrogens is 1. The fraction of sp³-hybridized carbons (Fsp3) is 0.556. The SMILES string of the molecule is CC(C(=O)N(C)Cc1nc2ccccc2s1)N1CCC(CO)CC1. The second kappa shape index (κ2) is 7.59. The van der Waals surface area contributed by atoms with Crippen LogP contribution < -0.4 is 0 Å². The topological polar surface area (TPSA) is 56.7 Å². The Morgan fingerprint density at radius 2 is 2.12 bits per heavy atom. The maximum absolute atomic E-state index is 12.7. The average Bonchev–Trinajstić information content (AvgIpc) is 3.02. The van der Waals surface area contributed by atoms with E-state index in [0.29, 0.717) is 12.5 Å². The number of thiazole rings is 1. The van der Waals surface area contributed by atoms with Crippen molar-refractivity contribution in [3.8, 4) is 0 Å². The summed E-state index contributed by atoms with van der Waals surface area (Å²) >= 11 is 1.65. The lowest BCUT2D eigenvalue weighted by Crippen LogP contribution is -2.48. The van der Waals surface area contributed by atoms with Crippen molar-refractivity contribution in [2.45, 2.75) is 32.4 Å². The molecule has 24 heavy (non-hydrogen) atoms. The number of carbonyl (C=O) groups excluding carboxylic acids is 1. The fourth-order valence-electron chi connectivity index (χ4n) is 3.27. The van der Waals surface area contributed by atoms with Gasteiger partial charge in [0.1, 0.15) is 5.01 Å². The normalized spacial score (nSPS) is 18.0. The van der Waals surface area contributed by atoms with Crippen molar-refractivity contribution < 1.29 is 9.90 Å². The Hall–Kier alpha value is -1.50. The molecule has 1 atom stereocenters. The molecule has 130 valence electrons. The molecule has 1 aliphatic rings. The van der Waals surface area contributed by atoms with Crippen LogP contribution in [0.15, 0.2) is 24.3 Å². The number of fused-ring (bicyclic) bond motifs is 1. The lowest BCUT2D eigenvalue weighted by molar-refractivity contribution is -0.136. The lowest BCUT2D eigenvalue weighted by Gasteiger charge is -2.36. The van der Waals surface area contributed by atoms with Crippen LogP contribution in [0.3, 0.4) is 0 Å². The first-order chi connectivity index (χ1) is 11.6. The molecule has 1 aromatic carbocycles. The second-order valence-electron chi connectivity index (χ2n) is 6.61. The maximum atomic E-state index is 12.7. The molecule has 1 aromatic heterocycles. The minimum Gasteiger partial charge on any atom is -0.396 e. The van der Waals surface area contributed by atoms with Gasteiger partial charge < -0.3 is 10.0 Å². The summed E-state index contributed by atoms with van der Waals surface area (Å²) in [5.41, 5.74) is 0.998. The molecule has 0 bridgehead atoms. The molecule has 0 radical (unpaired) electrons. The average molecular weight is 347 g/mol. The van der Waals surface area contributed by atoms with Gasteiger partial charge in [0.05, 0.1) is 22.8 Å². The number of aliphatic hydroxyl groups is 1. The van der Waals surface area contributed by atoms with Crippen LogP contribution in [0.4, 0.5) is 0 Å². The molecule has 5 nitrogen and oxygen atoms in total. The van der Waals surface area contributed by atoms with Crippen molar-refractivity contribution in [1.29, 1.82) is 0 Å². The third-order valence-electron chi connectivity index (χ3n) is 4.90. The van der Waals surface area contributed by atoms with Crippen molar-refractivity contribution in [2.75, 3.05) is 26.7 Å². The van der Waals surface area contributed by atoms with Gasteiger partial charge in [0, 0.05) is 13.7 Å². The smallest absolute Gasteiger partial charge is 0.239 e. The van der Waals surface area contributed by atoms with Crippen molar-refractivity contribution in [2.24, 2.45) is 5.92 Å². The highest BCUT2D eigenvalue weighted by molar-refractivity contribution is 7.18. The number of amides is 1. The summed E-state index contributed by atoms with van der Waals surface area (Å²) in [5, 5.41) is 10.2. The highest BCUT2D eigenvalue weighted by Crippen LogP contribution is 2.23. The van der Waals surface area contributed by atoms with E-state index in [2.05, 4.69) is 16.0 Å². The Labute approximate surface area is 146 Å². The highest BCUT2D eigenvalue weighted by atomic mass is 32.1. The summed E-state index contributed by atoms with van der Waals surface area (Å²) in [7, 11) is 1.85. The Morgan fingerprint density at radius 1 is 1.42 bits per heavy atom. The van der Waals surface area contributed by atoms with E-state index in [1.165, 1.54) is 0 Å². The number of likely N-dealkylation sites (N-methyl/N-ethyl adjacent to an activating group) is 1. The fourth-order valence-corrected chi connectivity index (χ4v) is 4.29. The van der Waals surface area contributed by atoms with Crippen LogP contribution in [0.5, 0.6) is 0 Å². The maximum Gasteiger partial charge on any atom is 0.239 e. The zero-order chi connectivity index (χ0) is 17.1. The van der Waals surface area contributed by atoms with Crippen LogP contribution in [0.25, 0.3) is 10.2 Å². The van der Waals surface area contributed by atoms with Crippen LogP contribution in [-0.4, -0.2) is 58.6 Å². The number of piperidine rings is 1. The molecule has 1 unspecified atom stereocenters. The van der Waals surface area contributed by atoms with E-state index < -0.39 is 0 Å². The second-order valence-corrected chi connectivity index (χ2v) is 7.72. The van der Waals surface area contributed by atoms with Gasteiger partial charge in [0.25, 0.3) is 0 Å². The molecule has 0 spiro atoms. The first-order valence-electron chi connectivity index (χ1n) is 8.53. The molecular weight excluding hydrogens is 322 g/mol. The van der Waals surface area contributed by atoms with Crippen LogP contribution >= 0.6 is 11.3 Å². The molecule has 3 rings (SSSR count). The van der Waals surface area contributed by atoms with Gasteiger partial charge in [0.15, 0.2) is 0 Å². The van der Waals surface area contributed by atoms with Gasteiger partial charge in [-0.2, -0.15) is 0 Å². The van der Waals surface area contributed by atoms with E-state index in [9.17, 15) is 9.90 Å². The molecule has 6 heteroatoms. The molecule has 1 N–H and O–H groups in total. The first kappa shape index (κ1) is 17.3. The number of aliphatic hydroxyl groups excluding tert-OH is 1.